The second kappa shape index (κ2) is 21.4. The minimum absolute atomic E-state index is 0.127. The number of hydrogen-bond donors (Lipinski definition) is 3. The Kier molecular flexibility index (Phi) is 16.2. The van der Waals surface area contributed by atoms with Gasteiger partial charge in [-0.15, -0.1) is 0 Å². The minimum atomic E-state index is -4.55. The van der Waals surface area contributed by atoms with Crippen LogP contribution in [-0.2, 0) is 48.5 Å². The van der Waals surface area contributed by atoms with Crippen LogP contribution in [0.15, 0.2) is 97.3 Å². The van der Waals surface area contributed by atoms with Gasteiger partial charge >= 0.3 is 27.4 Å². The van der Waals surface area contributed by atoms with Crippen molar-refractivity contribution in [3.8, 4) is 11.5 Å². The molecule has 1 saturated heterocycles. The molecule has 0 saturated carbocycles. The zero-order valence-electron chi connectivity index (χ0n) is 37.5. The Bertz CT molecular complexity index is 2470. The average Bonchev–Trinajstić information content (AvgIpc) is 3.79. The number of ether oxygens (including phenoxy) is 3. The van der Waals surface area contributed by atoms with E-state index >= 15 is 4.39 Å². The van der Waals surface area contributed by atoms with E-state index in [1.165, 1.54) is 43.8 Å². The maximum absolute atomic E-state index is 17.7. The van der Waals surface area contributed by atoms with Crippen LogP contribution in [0.1, 0.15) is 66.1 Å². The Balaban J connectivity index is 1.35. The van der Waals surface area contributed by atoms with Gasteiger partial charge in [-0.2, -0.15) is 10.2 Å². The quantitative estimate of drug-likeness (QED) is 0.0440. The molecule has 1 aliphatic heterocycles. The highest BCUT2D eigenvalue weighted by Gasteiger charge is 2.57. The summed E-state index contributed by atoms with van der Waals surface area (Å²) in [7, 11) is -9.07. The fraction of sp³-hybridized carbons (Fsp3) is 0.432. The van der Waals surface area contributed by atoms with E-state index in [4.69, 9.17) is 32.3 Å². The Hall–Kier alpha value is -5.26. The zero-order valence-corrected chi connectivity index (χ0v) is 39.2. The van der Waals surface area contributed by atoms with Gasteiger partial charge in [-0.25, -0.2) is 28.5 Å². The Morgan fingerprint density at radius 3 is 1.82 bits per heavy atom. The summed E-state index contributed by atoms with van der Waals surface area (Å²) < 4.78 is 89.5. The van der Waals surface area contributed by atoms with E-state index in [1.54, 1.807) is 83.1 Å². The SMILES string of the molecule is Cc1nc(NCc2ccccc2)c2ncn([C@@H]3O[C@H](COP(=O)(N[C@@H](C)C(=O)OC(C)C)Oc4ccccc4)C(C)(COP(=O)(N[C@@H](C)C(=O)OC(C)C)Oc4ccccc4)C3F)c2n1. The summed E-state index contributed by atoms with van der Waals surface area (Å²) in [5.41, 5.74) is -0.239. The molecular formula is C44H56FN7O11P2. The summed E-state index contributed by atoms with van der Waals surface area (Å²) >= 11 is 0. The van der Waals surface area contributed by atoms with Gasteiger partial charge < -0.3 is 28.6 Å². The van der Waals surface area contributed by atoms with Gasteiger partial charge in [0.1, 0.15) is 29.4 Å². The Labute approximate surface area is 377 Å². The van der Waals surface area contributed by atoms with Crippen molar-refractivity contribution >= 4 is 44.4 Å². The number of anilines is 1. The van der Waals surface area contributed by atoms with Crippen LogP contribution in [0.5, 0.6) is 11.5 Å². The normalized spacial score (nSPS) is 21.3. The van der Waals surface area contributed by atoms with E-state index in [0.29, 0.717) is 23.7 Å². The molecule has 0 bridgehead atoms. The second-order valence-corrected chi connectivity index (χ2v) is 19.6. The number of nitrogens with one attached hydrogen (secondary N) is 3. The van der Waals surface area contributed by atoms with Crippen molar-refractivity contribution in [3.63, 3.8) is 0 Å². The maximum atomic E-state index is 17.7. The van der Waals surface area contributed by atoms with Gasteiger partial charge in [0, 0.05) is 6.54 Å². The fourth-order valence-corrected chi connectivity index (χ4v) is 9.78. The third kappa shape index (κ3) is 12.8. The number of benzene rings is 3. The van der Waals surface area contributed by atoms with Crippen molar-refractivity contribution in [2.45, 2.75) is 105 Å². The number of aryl methyl sites for hydroxylation is 1. The monoisotopic (exact) mass is 939 g/mol. The van der Waals surface area contributed by atoms with Gasteiger partial charge in [-0.3, -0.25) is 23.2 Å². The number of carbonyl (C=O) groups excluding carboxylic acids is 2. The highest BCUT2D eigenvalue weighted by Crippen LogP contribution is 2.54. The molecule has 3 aromatic carbocycles. The smallest absolute Gasteiger partial charge is 0.459 e. The second-order valence-electron chi connectivity index (χ2n) is 16.3. The van der Waals surface area contributed by atoms with Crippen LogP contribution < -0.4 is 24.5 Å². The van der Waals surface area contributed by atoms with Crippen LogP contribution in [0.25, 0.3) is 11.2 Å². The molecule has 21 heteroatoms. The molecule has 18 nitrogen and oxygen atoms in total. The summed E-state index contributed by atoms with van der Waals surface area (Å²) in [6.45, 7) is 11.8. The molecule has 4 unspecified atom stereocenters. The number of esters is 2. The predicted octanol–water partition coefficient (Wildman–Crippen LogP) is 8.26. The van der Waals surface area contributed by atoms with E-state index < -0.39 is 88.9 Å². The lowest BCUT2D eigenvalue weighted by molar-refractivity contribution is -0.150. The number of alkyl halides is 1. The highest BCUT2D eigenvalue weighted by atomic mass is 31.2. The van der Waals surface area contributed by atoms with Crippen molar-refractivity contribution in [1.29, 1.82) is 0 Å². The first-order valence-electron chi connectivity index (χ1n) is 21.1. The standard InChI is InChI=1S/C44H56FN7O11P2/c1-28(2)59-42(53)30(5)50-64(55,62-34-20-14-10-15-21-34)57-25-36-44(8,26-58-65(56,63-35-22-16-11-17-23-35)51-31(6)43(54)60-29(3)4)38(45)41(61-36)52-27-47-37-39(48-32(7)49-40(37)52)46-24-33-18-12-9-13-19-33/h9-23,27-31,36,38,41H,24-26H2,1-8H3,(H,50,55)(H,51,56)(H,46,48,49)/t30-,31-,36+,38?,41+,44?,64?,65?/m0/s1. The van der Waals surface area contributed by atoms with Crippen molar-refractivity contribution < 1.29 is 55.4 Å². The third-order valence-corrected chi connectivity index (χ3v) is 13.3. The van der Waals surface area contributed by atoms with Crippen molar-refractivity contribution in [1.82, 2.24) is 29.7 Å². The number of para-hydroxylation sites is 2. The van der Waals surface area contributed by atoms with Crippen LogP contribution in [-0.4, -0.2) is 81.2 Å². The Morgan fingerprint density at radius 2 is 1.29 bits per heavy atom. The van der Waals surface area contributed by atoms with Crippen molar-refractivity contribution in [2.24, 2.45) is 5.41 Å². The first-order chi connectivity index (χ1) is 30.9. The summed E-state index contributed by atoms with van der Waals surface area (Å²) in [5.74, 6) is -0.434. The van der Waals surface area contributed by atoms with Gasteiger partial charge in [-0.1, -0.05) is 73.7 Å². The molecule has 3 N–H and O–H groups in total. The molecule has 8 atom stereocenters. The van der Waals surface area contributed by atoms with Crippen molar-refractivity contribution in [3.05, 3.63) is 109 Å². The number of fused-ring (bicyclic) bond motifs is 1. The molecule has 5 aromatic rings. The van der Waals surface area contributed by atoms with Gasteiger partial charge in [0.25, 0.3) is 0 Å². The average molecular weight is 940 g/mol. The summed E-state index contributed by atoms with van der Waals surface area (Å²) in [5, 5.41) is 8.56. The van der Waals surface area contributed by atoms with Gasteiger partial charge in [-0.05, 0) is 78.3 Å². The first-order valence-corrected chi connectivity index (χ1v) is 24.2. The molecule has 6 rings (SSSR count). The largest absolute Gasteiger partial charge is 0.462 e. The highest BCUT2D eigenvalue weighted by molar-refractivity contribution is 7.52. The van der Waals surface area contributed by atoms with Crippen LogP contribution in [0.4, 0.5) is 10.2 Å². The number of halogens is 1. The Morgan fingerprint density at radius 1 is 0.785 bits per heavy atom. The lowest BCUT2D eigenvalue weighted by Gasteiger charge is -2.33. The molecule has 1 fully saturated rings. The van der Waals surface area contributed by atoms with Crippen molar-refractivity contribution in [2.75, 3.05) is 18.5 Å². The molecule has 65 heavy (non-hydrogen) atoms. The van der Waals surface area contributed by atoms with E-state index in [0.717, 1.165) is 5.56 Å². The number of hydrogen-bond acceptors (Lipinski definition) is 15. The van der Waals surface area contributed by atoms with Gasteiger partial charge in [0.05, 0.1) is 43.3 Å². The minimum Gasteiger partial charge on any atom is -0.462 e. The molecule has 2 aromatic heterocycles. The van der Waals surface area contributed by atoms with Crippen LogP contribution in [0.3, 0.4) is 0 Å². The summed E-state index contributed by atoms with van der Waals surface area (Å²) in [6.07, 6.45) is -4.40. The first kappa shape index (κ1) is 49.2. The number of aromatic nitrogens is 4. The molecular weight excluding hydrogens is 883 g/mol. The molecule has 0 spiro atoms. The van der Waals surface area contributed by atoms with Crippen LogP contribution in [0.2, 0.25) is 0 Å². The van der Waals surface area contributed by atoms with Crippen LogP contribution >= 0.6 is 15.5 Å². The fourth-order valence-electron chi connectivity index (χ4n) is 6.68. The molecule has 0 radical (unpaired) electrons. The van der Waals surface area contributed by atoms with E-state index in [1.807, 2.05) is 30.3 Å². The predicted molar refractivity (Wildman–Crippen MR) is 240 cm³/mol. The maximum Gasteiger partial charge on any atom is 0.459 e. The molecule has 0 aliphatic carbocycles. The van der Waals surface area contributed by atoms with E-state index in [9.17, 15) is 18.7 Å². The number of imidazole rings is 1. The lowest BCUT2D eigenvalue weighted by atomic mass is 9.82. The van der Waals surface area contributed by atoms with Crippen LogP contribution in [0, 0.1) is 12.3 Å². The molecule has 3 heterocycles. The molecule has 0 amide bonds. The van der Waals surface area contributed by atoms with E-state index in [2.05, 4.69) is 30.4 Å². The number of carbonyl (C=O) groups is 2. The number of nitrogens with zero attached hydrogens (tertiary/aromatic N) is 4. The molecule has 350 valence electrons. The zero-order chi connectivity index (χ0) is 46.9. The van der Waals surface area contributed by atoms with Gasteiger partial charge in [0.2, 0.25) is 0 Å². The number of rotatable bonds is 22. The molecule has 1 aliphatic rings. The summed E-state index contributed by atoms with van der Waals surface area (Å²) in [4.78, 5) is 39.6. The topological polar surface area (TPSA) is 213 Å². The van der Waals surface area contributed by atoms with E-state index in [-0.39, 0.29) is 17.1 Å². The van der Waals surface area contributed by atoms with Gasteiger partial charge in [0.15, 0.2) is 29.4 Å². The lowest BCUT2D eigenvalue weighted by Crippen LogP contribution is -2.43. The third-order valence-electron chi connectivity index (χ3n) is 10.0. The summed E-state index contributed by atoms with van der Waals surface area (Å²) in [6, 6.07) is 23.5.